The number of hydrogen-bond acceptors (Lipinski definition) is 4. The van der Waals surface area contributed by atoms with E-state index in [2.05, 4.69) is 49.4 Å². The number of nitrogens with zero attached hydrogens (tertiary/aromatic N) is 1. The van der Waals surface area contributed by atoms with Crippen molar-refractivity contribution >= 4 is 8.32 Å². The molecule has 112 valence electrons. The lowest BCUT2D eigenvalue weighted by molar-refractivity contribution is 0.0851. The van der Waals surface area contributed by atoms with E-state index in [1.54, 1.807) is 0 Å². The lowest BCUT2D eigenvalue weighted by Gasteiger charge is -2.44. The Bertz CT molecular complexity index is 304. The molecule has 2 heterocycles. The molecule has 0 amide bonds. The summed E-state index contributed by atoms with van der Waals surface area (Å²) in [6.07, 6.45) is 0. The van der Waals surface area contributed by atoms with Crippen molar-refractivity contribution in [1.29, 1.82) is 0 Å². The highest BCUT2D eigenvalue weighted by atomic mass is 28.4. The highest BCUT2D eigenvalue weighted by Crippen LogP contribution is 2.36. The molecule has 0 unspecified atom stereocenters. The minimum atomic E-state index is -1.60. The monoisotopic (exact) mass is 285 g/mol. The lowest BCUT2D eigenvalue weighted by atomic mass is 10.1. The fourth-order valence-corrected chi connectivity index (χ4v) is 3.58. The predicted molar refractivity (Wildman–Crippen MR) is 83.2 cm³/mol. The average Bonchev–Trinajstić information content (AvgIpc) is 2.35. The minimum Gasteiger partial charge on any atom is -0.415 e. The topological polar surface area (TPSA) is 36.5 Å². The van der Waals surface area contributed by atoms with E-state index in [0.29, 0.717) is 17.1 Å². The second kappa shape index (κ2) is 5.82. The smallest absolute Gasteiger partial charge is 0.192 e. The second-order valence-electron chi connectivity index (χ2n) is 7.53. The largest absolute Gasteiger partial charge is 0.415 e. The van der Waals surface area contributed by atoms with Crippen LogP contribution >= 0.6 is 0 Å². The first kappa shape index (κ1) is 15.4. The summed E-state index contributed by atoms with van der Waals surface area (Å²) < 4.78 is 6.35. The summed E-state index contributed by atoms with van der Waals surface area (Å²) in [6.45, 7) is 18.1. The van der Waals surface area contributed by atoms with Crippen LogP contribution in [0.25, 0.3) is 0 Å². The molecule has 0 saturated carbocycles. The molecular weight excluding hydrogens is 254 g/mol. The highest BCUT2D eigenvalue weighted by Gasteiger charge is 2.38. The number of rotatable bonds is 3. The SMILES string of the molecule is CC(C)(C)[Si](C)(C)OC[C@@H]1CN2CCNC[C@@H]2CN1. The number of fused-ring (bicyclic) bond motifs is 1. The molecule has 2 rings (SSSR count). The van der Waals surface area contributed by atoms with Crippen molar-refractivity contribution in [2.24, 2.45) is 0 Å². The third-order valence-corrected chi connectivity index (χ3v) is 9.52. The predicted octanol–water partition coefficient (Wildman–Crippen LogP) is 1.25. The minimum absolute atomic E-state index is 0.305. The van der Waals surface area contributed by atoms with Crippen LogP contribution in [0.2, 0.25) is 18.1 Å². The van der Waals surface area contributed by atoms with Crippen LogP contribution in [0, 0.1) is 0 Å². The molecule has 2 N–H and O–H groups in total. The van der Waals surface area contributed by atoms with Crippen LogP contribution in [0.4, 0.5) is 0 Å². The van der Waals surface area contributed by atoms with Crippen molar-refractivity contribution in [2.45, 2.75) is 51.0 Å². The van der Waals surface area contributed by atoms with Gasteiger partial charge in [-0.15, -0.1) is 0 Å². The molecule has 2 atom stereocenters. The maximum Gasteiger partial charge on any atom is 0.192 e. The van der Waals surface area contributed by atoms with E-state index in [1.165, 1.54) is 6.54 Å². The first-order chi connectivity index (χ1) is 8.79. The first-order valence-corrected chi connectivity index (χ1v) is 10.5. The van der Waals surface area contributed by atoms with Crippen LogP contribution < -0.4 is 10.6 Å². The second-order valence-corrected chi connectivity index (χ2v) is 12.3. The maximum atomic E-state index is 6.35. The zero-order chi connectivity index (χ0) is 14.1. The summed E-state index contributed by atoms with van der Waals surface area (Å²) in [5.74, 6) is 0. The Kier molecular flexibility index (Phi) is 4.73. The van der Waals surface area contributed by atoms with Gasteiger partial charge < -0.3 is 15.1 Å². The van der Waals surface area contributed by atoms with Crippen molar-refractivity contribution < 1.29 is 4.43 Å². The van der Waals surface area contributed by atoms with E-state index in [1.807, 2.05) is 0 Å². The van der Waals surface area contributed by atoms with E-state index in [-0.39, 0.29) is 0 Å². The summed E-state index contributed by atoms with van der Waals surface area (Å²) in [5.41, 5.74) is 0. The van der Waals surface area contributed by atoms with E-state index >= 15 is 0 Å². The van der Waals surface area contributed by atoms with Gasteiger partial charge >= 0.3 is 0 Å². The van der Waals surface area contributed by atoms with Gasteiger partial charge in [0.05, 0.1) is 6.61 Å². The van der Waals surface area contributed by atoms with Crippen molar-refractivity contribution in [3.05, 3.63) is 0 Å². The van der Waals surface area contributed by atoms with Crippen molar-refractivity contribution in [3.63, 3.8) is 0 Å². The van der Waals surface area contributed by atoms with E-state index in [4.69, 9.17) is 4.43 Å². The standard InChI is InChI=1S/C14H31N3OSi/c1-14(2,3)19(4,5)18-11-12-10-17-7-6-15-8-13(17)9-16-12/h12-13,15-16H,6-11H2,1-5H3/t12-,13+/m0/s1. The molecule has 0 bridgehead atoms. The van der Waals surface area contributed by atoms with Crippen LogP contribution in [-0.2, 0) is 4.43 Å². The molecule has 19 heavy (non-hydrogen) atoms. The molecule has 0 aliphatic carbocycles. The van der Waals surface area contributed by atoms with E-state index < -0.39 is 8.32 Å². The summed E-state index contributed by atoms with van der Waals surface area (Å²) >= 11 is 0. The quantitative estimate of drug-likeness (QED) is 0.765. The van der Waals surface area contributed by atoms with Gasteiger partial charge in [-0.1, -0.05) is 20.8 Å². The Hall–Kier alpha value is 0.0569. The van der Waals surface area contributed by atoms with Gasteiger partial charge in [0.2, 0.25) is 0 Å². The third-order valence-electron chi connectivity index (χ3n) is 5.02. The molecule has 2 aliphatic rings. The fraction of sp³-hybridized carbons (Fsp3) is 1.00. The van der Waals surface area contributed by atoms with Crippen molar-refractivity contribution in [2.75, 3.05) is 39.3 Å². The Morgan fingerprint density at radius 2 is 2.00 bits per heavy atom. The van der Waals surface area contributed by atoms with Crippen molar-refractivity contribution in [3.8, 4) is 0 Å². The summed E-state index contributed by atoms with van der Waals surface area (Å²) in [5, 5.41) is 7.43. The van der Waals surface area contributed by atoms with Gasteiger partial charge in [-0.3, -0.25) is 4.90 Å². The fourth-order valence-electron chi connectivity index (χ4n) is 2.53. The van der Waals surface area contributed by atoms with Crippen LogP contribution in [0.3, 0.4) is 0 Å². The Morgan fingerprint density at radius 1 is 1.26 bits per heavy atom. The molecule has 0 aromatic heterocycles. The number of nitrogens with one attached hydrogen (secondary N) is 2. The molecule has 2 fully saturated rings. The molecule has 2 aliphatic heterocycles. The molecule has 0 radical (unpaired) electrons. The normalized spacial score (nSPS) is 30.2. The average molecular weight is 286 g/mol. The first-order valence-electron chi connectivity index (χ1n) is 7.62. The zero-order valence-electron chi connectivity index (χ0n) is 13.3. The lowest BCUT2D eigenvalue weighted by Crippen LogP contribution is -2.64. The third kappa shape index (κ3) is 3.79. The molecule has 4 nitrogen and oxygen atoms in total. The van der Waals surface area contributed by atoms with Gasteiger partial charge in [-0.25, -0.2) is 0 Å². The van der Waals surface area contributed by atoms with E-state index in [0.717, 1.165) is 32.8 Å². The van der Waals surface area contributed by atoms with Gasteiger partial charge in [-0.05, 0) is 18.1 Å². The molecule has 0 aromatic carbocycles. The highest BCUT2D eigenvalue weighted by molar-refractivity contribution is 6.74. The summed E-state index contributed by atoms with van der Waals surface area (Å²) in [4.78, 5) is 2.62. The Labute approximate surface area is 119 Å². The van der Waals surface area contributed by atoms with E-state index in [9.17, 15) is 0 Å². The molecular formula is C14H31N3OSi. The maximum absolute atomic E-state index is 6.35. The summed E-state index contributed by atoms with van der Waals surface area (Å²) in [6, 6.07) is 1.18. The zero-order valence-corrected chi connectivity index (χ0v) is 14.3. The molecule has 2 saturated heterocycles. The Balaban J connectivity index is 1.81. The van der Waals surface area contributed by atoms with Crippen molar-refractivity contribution in [1.82, 2.24) is 15.5 Å². The van der Waals surface area contributed by atoms with Crippen LogP contribution in [0.5, 0.6) is 0 Å². The Morgan fingerprint density at radius 3 is 2.68 bits per heavy atom. The van der Waals surface area contributed by atoms with Gasteiger partial charge in [-0.2, -0.15) is 0 Å². The summed E-state index contributed by atoms with van der Waals surface area (Å²) in [7, 11) is -1.60. The molecule has 5 heteroatoms. The van der Waals surface area contributed by atoms with Crippen LogP contribution in [0.1, 0.15) is 20.8 Å². The van der Waals surface area contributed by atoms with Crippen LogP contribution in [0.15, 0.2) is 0 Å². The van der Waals surface area contributed by atoms with Gasteiger partial charge in [0.1, 0.15) is 0 Å². The molecule has 0 aromatic rings. The number of hydrogen-bond donors (Lipinski definition) is 2. The van der Waals surface area contributed by atoms with Crippen LogP contribution in [-0.4, -0.2) is 64.6 Å². The molecule has 0 spiro atoms. The van der Waals surface area contributed by atoms with Gasteiger partial charge in [0, 0.05) is 44.8 Å². The number of piperazine rings is 2. The van der Waals surface area contributed by atoms with Gasteiger partial charge in [0.25, 0.3) is 0 Å². The van der Waals surface area contributed by atoms with Gasteiger partial charge in [0.15, 0.2) is 8.32 Å².